The first kappa shape index (κ1) is 20.8. The smallest absolute Gasteiger partial charge is 0.273 e. The lowest BCUT2D eigenvalue weighted by atomic mass is 10.1. The van der Waals surface area contributed by atoms with E-state index in [9.17, 15) is 14.4 Å². The summed E-state index contributed by atoms with van der Waals surface area (Å²) in [5.41, 5.74) is 2.11. The number of benzene rings is 3. The van der Waals surface area contributed by atoms with E-state index in [0.717, 1.165) is 22.5 Å². The zero-order valence-corrected chi connectivity index (χ0v) is 18.4. The van der Waals surface area contributed by atoms with Crippen LogP contribution in [0.5, 0.6) is 0 Å². The fourth-order valence-corrected chi connectivity index (χ4v) is 4.72. The van der Waals surface area contributed by atoms with Crippen molar-refractivity contribution < 1.29 is 4.79 Å². The predicted octanol–water partition coefficient (Wildman–Crippen LogP) is 3.92. The van der Waals surface area contributed by atoms with Crippen molar-refractivity contribution in [1.82, 2.24) is 14.8 Å². The molecule has 5 rings (SSSR count). The Hall–Kier alpha value is -4.04. The van der Waals surface area contributed by atoms with Gasteiger partial charge in [-0.2, -0.15) is 0 Å². The van der Waals surface area contributed by atoms with Gasteiger partial charge in [0.25, 0.3) is 11.1 Å². The highest BCUT2D eigenvalue weighted by Crippen LogP contribution is 2.24. The highest BCUT2D eigenvalue weighted by atomic mass is 32.1. The average Bonchev–Trinajstić information content (AvgIpc) is 3.24. The van der Waals surface area contributed by atoms with Gasteiger partial charge in [-0.05, 0) is 42.0 Å². The number of nitrogens with one attached hydrogen (secondary N) is 2. The number of hydrogen-bond acceptors (Lipinski definition) is 5. The third-order valence-electron chi connectivity index (χ3n) is 5.38. The molecule has 0 fully saturated rings. The van der Waals surface area contributed by atoms with Crippen molar-refractivity contribution in [3.8, 4) is 0 Å². The number of carbonyl (C=O) groups excluding carboxylic acids is 1. The van der Waals surface area contributed by atoms with E-state index in [4.69, 9.17) is 0 Å². The van der Waals surface area contributed by atoms with E-state index in [1.807, 2.05) is 42.5 Å². The van der Waals surface area contributed by atoms with Gasteiger partial charge in [-0.3, -0.25) is 19.5 Å². The Morgan fingerprint density at radius 3 is 2.45 bits per heavy atom. The lowest BCUT2D eigenvalue weighted by molar-refractivity contribution is -0.116. The molecular formula is C25H20N4O3S. The van der Waals surface area contributed by atoms with Gasteiger partial charge in [0.2, 0.25) is 5.91 Å². The fraction of sp³-hybridized carbons (Fsp3) is 0.120. The minimum atomic E-state index is -0.352. The number of thiazole rings is 1. The molecule has 0 unspecified atom stereocenters. The Morgan fingerprint density at radius 2 is 1.67 bits per heavy atom. The van der Waals surface area contributed by atoms with Crippen LogP contribution >= 0.6 is 11.3 Å². The van der Waals surface area contributed by atoms with Crippen LogP contribution in [0.1, 0.15) is 17.0 Å². The number of amides is 1. The highest BCUT2D eigenvalue weighted by molar-refractivity contribution is 7.18. The first-order valence-corrected chi connectivity index (χ1v) is 11.3. The van der Waals surface area contributed by atoms with E-state index < -0.39 is 0 Å². The SMILES string of the molecule is O=C(CCn1[nH]c(=O)c2ccccc2c1=O)Nc1ccc(Cc2nc3ccccc3s2)cc1. The Bertz CT molecular complexity index is 1550. The Labute approximate surface area is 192 Å². The molecule has 3 aromatic carbocycles. The predicted molar refractivity (Wildman–Crippen MR) is 131 cm³/mol. The monoisotopic (exact) mass is 456 g/mol. The molecule has 33 heavy (non-hydrogen) atoms. The van der Waals surface area contributed by atoms with Crippen LogP contribution in [0.25, 0.3) is 21.0 Å². The number of aromatic amines is 1. The molecule has 1 amide bonds. The maximum atomic E-state index is 12.6. The molecule has 5 aromatic rings. The number of nitrogens with zero attached hydrogens (tertiary/aromatic N) is 2. The number of aromatic nitrogens is 3. The van der Waals surface area contributed by atoms with E-state index in [0.29, 0.717) is 16.5 Å². The van der Waals surface area contributed by atoms with Gasteiger partial charge in [-0.25, -0.2) is 9.67 Å². The number of carbonyl (C=O) groups is 1. The lowest BCUT2D eigenvalue weighted by Crippen LogP contribution is -2.31. The summed E-state index contributed by atoms with van der Waals surface area (Å²) < 4.78 is 2.36. The summed E-state index contributed by atoms with van der Waals surface area (Å²) in [5, 5.41) is 7.10. The Morgan fingerprint density at radius 1 is 0.939 bits per heavy atom. The van der Waals surface area contributed by atoms with Gasteiger partial charge >= 0.3 is 0 Å². The quantitative estimate of drug-likeness (QED) is 0.405. The summed E-state index contributed by atoms with van der Waals surface area (Å²) in [6.07, 6.45) is 0.785. The average molecular weight is 457 g/mol. The third kappa shape index (κ3) is 4.47. The minimum absolute atomic E-state index is 0.0572. The number of aryl methyl sites for hydroxylation is 1. The normalized spacial score (nSPS) is 11.2. The van der Waals surface area contributed by atoms with Crippen LogP contribution in [-0.2, 0) is 17.8 Å². The third-order valence-corrected chi connectivity index (χ3v) is 6.41. The number of para-hydroxylation sites is 1. The summed E-state index contributed by atoms with van der Waals surface area (Å²) in [6.45, 7) is 0.0838. The van der Waals surface area contributed by atoms with E-state index in [2.05, 4.69) is 21.5 Å². The molecule has 0 bridgehead atoms. The van der Waals surface area contributed by atoms with Gasteiger partial charge in [0, 0.05) is 18.5 Å². The molecule has 164 valence electrons. The summed E-state index contributed by atoms with van der Waals surface area (Å²) in [6, 6.07) is 22.3. The molecule has 8 heteroatoms. The molecule has 7 nitrogen and oxygen atoms in total. The molecule has 0 aliphatic heterocycles. The minimum Gasteiger partial charge on any atom is -0.326 e. The van der Waals surface area contributed by atoms with Crippen LogP contribution in [0.4, 0.5) is 5.69 Å². The topological polar surface area (TPSA) is 96.9 Å². The number of rotatable bonds is 6. The fourth-order valence-electron chi connectivity index (χ4n) is 3.72. The number of H-pyrrole nitrogens is 1. The van der Waals surface area contributed by atoms with Gasteiger partial charge in [-0.1, -0.05) is 36.4 Å². The van der Waals surface area contributed by atoms with Crippen LogP contribution in [0, 0.1) is 0 Å². The Kier molecular flexibility index (Phi) is 5.58. The van der Waals surface area contributed by atoms with Crippen molar-refractivity contribution >= 4 is 43.9 Å². The van der Waals surface area contributed by atoms with Crippen LogP contribution in [0.2, 0.25) is 0 Å². The van der Waals surface area contributed by atoms with Crippen molar-refractivity contribution in [2.45, 2.75) is 19.4 Å². The van der Waals surface area contributed by atoms with Crippen LogP contribution in [0.3, 0.4) is 0 Å². The first-order chi connectivity index (χ1) is 16.1. The number of anilines is 1. The Balaban J connectivity index is 1.21. The van der Waals surface area contributed by atoms with E-state index in [1.54, 1.807) is 35.6 Å². The van der Waals surface area contributed by atoms with Gasteiger partial charge in [0.05, 0.1) is 32.5 Å². The molecule has 0 aliphatic rings. The molecule has 0 atom stereocenters. The molecule has 0 aliphatic carbocycles. The molecule has 2 heterocycles. The maximum Gasteiger partial charge on any atom is 0.273 e. The van der Waals surface area contributed by atoms with Crippen molar-refractivity contribution in [3.05, 3.63) is 104 Å². The van der Waals surface area contributed by atoms with Crippen molar-refractivity contribution in [2.24, 2.45) is 0 Å². The standard InChI is InChI=1S/C25H20N4O3S/c30-22(13-14-29-25(32)19-6-2-1-5-18(19)24(31)28-29)26-17-11-9-16(10-12-17)15-23-27-20-7-3-4-8-21(20)33-23/h1-12H,13-15H2,(H,26,30)(H,28,31). The molecule has 0 radical (unpaired) electrons. The molecule has 0 saturated carbocycles. The van der Waals surface area contributed by atoms with E-state index in [-0.39, 0.29) is 30.0 Å². The molecule has 2 aromatic heterocycles. The van der Waals surface area contributed by atoms with E-state index in [1.165, 1.54) is 9.38 Å². The summed E-state index contributed by atoms with van der Waals surface area (Å²) >= 11 is 1.68. The van der Waals surface area contributed by atoms with Crippen LogP contribution < -0.4 is 16.4 Å². The van der Waals surface area contributed by atoms with Crippen LogP contribution in [0.15, 0.2) is 82.4 Å². The second kappa shape index (κ2) is 8.84. The van der Waals surface area contributed by atoms with Crippen molar-refractivity contribution in [1.29, 1.82) is 0 Å². The molecule has 0 spiro atoms. The van der Waals surface area contributed by atoms with Crippen molar-refractivity contribution in [2.75, 3.05) is 5.32 Å². The zero-order chi connectivity index (χ0) is 22.8. The highest BCUT2D eigenvalue weighted by Gasteiger charge is 2.09. The number of hydrogen-bond donors (Lipinski definition) is 2. The van der Waals surface area contributed by atoms with Crippen molar-refractivity contribution in [3.63, 3.8) is 0 Å². The molecule has 2 N–H and O–H groups in total. The van der Waals surface area contributed by atoms with Crippen LogP contribution in [-0.4, -0.2) is 20.7 Å². The summed E-state index contributed by atoms with van der Waals surface area (Å²) in [4.78, 5) is 41.8. The lowest BCUT2D eigenvalue weighted by Gasteiger charge is -2.08. The summed E-state index contributed by atoms with van der Waals surface area (Å²) in [5.74, 6) is -0.241. The van der Waals surface area contributed by atoms with E-state index >= 15 is 0 Å². The largest absolute Gasteiger partial charge is 0.326 e. The summed E-state index contributed by atoms with van der Waals surface area (Å²) in [7, 11) is 0. The van der Waals surface area contributed by atoms with Gasteiger partial charge in [0.15, 0.2) is 0 Å². The van der Waals surface area contributed by atoms with Gasteiger partial charge in [-0.15, -0.1) is 11.3 Å². The second-order valence-electron chi connectivity index (χ2n) is 7.69. The molecular weight excluding hydrogens is 436 g/mol. The van der Waals surface area contributed by atoms with Gasteiger partial charge in [0.1, 0.15) is 0 Å². The zero-order valence-electron chi connectivity index (χ0n) is 17.6. The molecule has 0 saturated heterocycles. The number of fused-ring (bicyclic) bond motifs is 2. The maximum absolute atomic E-state index is 12.6. The first-order valence-electron chi connectivity index (χ1n) is 10.5. The second-order valence-corrected chi connectivity index (χ2v) is 8.81. The van der Waals surface area contributed by atoms with Gasteiger partial charge < -0.3 is 5.32 Å².